The van der Waals surface area contributed by atoms with E-state index >= 15 is 0 Å². The number of carbonyl (C=O) groups excluding carboxylic acids is 4. The second-order valence-electron chi connectivity index (χ2n) is 9.61. The van der Waals surface area contributed by atoms with E-state index in [1.807, 2.05) is 20.2 Å². The van der Waals surface area contributed by atoms with Crippen molar-refractivity contribution in [3.8, 4) is 0 Å². The largest absolute Gasteiger partial charge is 0.445 e. The number of hydrogen-bond acceptors (Lipinski definition) is 9. The van der Waals surface area contributed by atoms with Gasteiger partial charge in [0.25, 0.3) is 5.69 Å². The van der Waals surface area contributed by atoms with Gasteiger partial charge in [-0.2, -0.15) is 0 Å². The lowest BCUT2D eigenvalue weighted by molar-refractivity contribution is -0.384. The number of non-ortho nitro benzene ring substituents is 1. The topological polar surface area (TPSA) is 142 Å². The van der Waals surface area contributed by atoms with Gasteiger partial charge in [-0.1, -0.05) is 42.1 Å². The molecule has 41 heavy (non-hydrogen) atoms. The number of nitro groups is 1. The van der Waals surface area contributed by atoms with E-state index in [9.17, 15) is 29.3 Å². The molecule has 0 radical (unpaired) electrons. The van der Waals surface area contributed by atoms with Crippen LogP contribution in [-0.2, 0) is 20.9 Å². The van der Waals surface area contributed by atoms with Gasteiger partial charge >= 0.3 is 6.09 Å². The predicted molar refractivity (Wildman–Crippen MR) is 154 cm³/mol. The fourth-order valence-electron chi connectivity index (χ4n) is 4.51. The van der Waals surface area contributed by atoms with E-state index in [0.717, 1.165) is 11.8 Å². The molecule has 2 atom stereocenters. The molecule has 2 saturated heterocycles. The molecular weight excluding hydrogens is 550 g/mol. The number of nitro benzene ring substituents is 1. The van der Waals surface area contributed by atoms with Crippen molar-refractivity contribution in [2.75, 3.05) is 46.8 Å². The van der Waals surface area contributed by atoms with E-state index in [1.165, 1.54) is 36.1 Å². The molecule has 3 amide bonds. The van der Waals surface area contributed by atoms with Crippen LogP contribution in [0.25, 0.3) is 0 Å². The number of carbonyl (C=O) groups is 4. The van der Waals surface area contributed by atoms with Gasteiger partial charge in [0.1, 0.15) is 12.6 Å². The molecule has 0 spiro atoms. The summed E-state index contributed by atoms with van der Waals surface area (Å²) in [4.78, 5) is 66.1. The maximum atomic E-state index is 13.5. The number of nitrogens with zero attached hydrogens (tertiary/aromatic N) is 4. The van der Waals surface area contributed by atoms with Crippen molar-refractivity contribution in [3.63, 3.8) is 0 Å². The lowest BCUT2D eigenvalue weighted by Crippen LogP contribution is -2.55. The van der Waals surface area contributed by atoms with Gasteiger partial charge in [0.2, 0.25) is 16.9 Å². The molecule has 0 unspecified atom stereocenters. The van der Waals surface area contributed by atoms with Crippen LogP contribution in [-0.4, -0.2) is 101 Å². The van der Waals surface area contributed by atoms with Gasteiger partial charge in [-0.3, -0.25) is 29.4 Å². The fourth-order valence-corrected chi connectivity index (χ4v) is 5.60. The number of thioether (sulfide) groups is 1. The third-order valence-corrected chi connectivity index (χ3v) is 7.74. The Morgan fingerprint density at radius 1 is 0.976 bits per heavy atom. The van der Waals surface area contributed by atoms with Crippen LogP contribution in [0.3, 0.4) is 0 Å². The molecule has 2 aliphatic rings. The van der Waals surface area contributed by atoms with Crippen LogP contribution in [0.4, 0.5) is 10.5 Å². The number of nitrogens with one attached hydrogen (secondary N) is 1. The summed E-state index contributed by atoms with van der Waals surface area (Å²) in [5, 5.41) is 13.2. The van der Waals surface area contributed by atoms with Crippen molar-refractivity contribution in [2.24, 2.45) is 0 Å². The van der Waals surface area contributed by atoms with E-state index in [0.29, 0.717) is 43.7 Å². The Morgan fingerprint density at radius 3 is 2.12 bits per heavy atom. The van der Waals surface area contributed by atoms with Gasteiger partial charge in [-0.15, -0.1) is 0 Å². The number of rotatable bonds is 6. The summed E-state index contributed by atoms with van der Waals surface area (Å²) in [7, 11) is 3.75. The third-order valence-electron chi connectivity index (χ3n) is 6.61. The summed E-state index contributed by atoms with van der Waals surface area (Å²) < 4.78 is 5.47. The molecule has 4 rings (SSSR count). The zero-order valence-corrected chi connectivity index (χ0v) is 24.2. The summed E-state index contributed by atoms with van der Waals surface area (Å²) >= 11 is 1.10. The Balaban J connectivity index is 0.00000147. The van der Waals surface area contributed by atoms with Gasteiger partial charge < -0.3 is 19.9 Å². The number of benzene rings is 2. The predicted octanol–water partition coefficient (Wildman–Crippen LogP) is 2.77. The van der Waals surface area contributed by atoms with Crippen LogP contribution in [0, 0.1) is 10.1 Å². The molecule has 1 N–H and O–H groups in total. The molecule has 2 aromatic rings. The monoisotopic (exact) mass is 585 g/mol. The van der Waals surface area contributed by atoms with E-state index in [2.05, 4.69) is 5.32 Å². The van der Waals surface area contributed by atoms with Gasteiger partial charge in [0.15, 0.2) is 0 Å². The molecule has 0 bridgehead atoms. The van der Waals surface area contributed by atoms with Crippen molar-refractivity contribution < 1.29 is 28.8 Å². The highest BCUT2D eigenvalue weighted by Gasteiger charge is 2.43. The van der Waals surface area contributed by atoms with E-state index < -0.39 is 17.1 Å². The molecular formula is C28H35N5O7S. The highest BCUT2D eigenvalue weighted by Crippen LogP contribution is 2.32. The Hall–Kier alpha value is -3.97. The van der Waals surface area contributed by atoms with Crippen molar-refractivity contribution in [1.29, 1.82) is 0 Å². The normalized spacial score (nSPS) is 18.3. The SMILES string of the molecule is CC(=O)N1CCN(C(=O)[C@@H]2C[C@H](SC(=O)c3ccccc3)CN2C(=O)OCc2ccc([N+](=O)[O-])cc2)CC1.CNC. The number of ether oxygens (including phenoxy) is 1. The quantitative estimate of drug-likeness (QED) is 0.400. The van der Waals surface area contributed by atoms with Crippen LogP contribution in [0.15, 0.2) is 54.6 Å². The first-order valence-corrected chi connectivity index (χ1v) is 14.1. The van der Waals surface area contributed by atoms with E-state index in [4.69, 9.17) is 4.74 Å². The molecule has 0 aromatic heterocycles. The summed E-state index contributed by atoms with van der Waals surface area (Å²) in [6, 6.07) is 13.7. The van der Waals surface area contributed by atoms with Crippen LogP contribution in [0.5, 0.6) is 0 Å². The number of piperazine rings is 1. The first-order valence-electron chi connectivity index (χ1n) is 13.2. The summed E-state index contributed by atoms with van der Waals surface area (Å²) in [6.07, 6.45) is -0.402. The minimum Gasteiger partial charge on any atom is -0.445 e. The second kappa shape index (κ2) is 15.1. The Morgan fingerprint density at radius 2 is 1.56 bits per heavy atom. The summed E-state index contributed by atoms with van der Waals surface area (Å²) in [6.45, 7) is 3.09. The van der Waals surface area contributed by atoms with Gasteiger partial charge in [0.05, 0.1) is 4.92 Å². The minimum atomic E-state index is -0.802. The van der Waals surface area contributed by atoms with Crippen LogP contribution in [0.1, 0.15) is 29.3 Å². The first-order chi connectivity index (χ1) is 19.6. The molecule has 2 fully saturated rings. The average Bonchev–Trinajstić information content (AvgIpc) is 3.40. The van der Waals surface area contributed by atoms with E-state index in [1.54, 1.807) is 34.1 Å². The standard InChI is InChI=1S/C26H28N4O7S.C2H7N/c1-18(31)27-11-13-28(14-12-27)24(32)23-15-22(38-25(33)20-5-3-2-4-6-20)16-29(23)26(34)37-17-19-7-9-21(10-8-19)30(35)36;1-3-2/h2-10,22-23H,11-17H2,1H3;3H,1-2H3/t22-,23-;/m0./s1. The van der Waals surface area contributed by atoms with Crippen molar-refractivity contribution in [1.82, 2.24) is 20.0 Å². The molecule has 0 saturated carbocycles. The van der Waals surface area contributed by atoms with Crippen molar-refractivity contribution in [3.05, 3.63) is 75.8 Å². The maximum absolute atomic E-state index is 13.5. The Labute approximate surface area is 243 Å². The lowest BCUT2D eigenvalue weighted by atomic mass is 10.1. The smallest absolute Gasteiger partial charge is 0.410 e. The van der Waals surface area contributed by atoms with Gasteiger partial charge in [0, 0.05) is 62.6 Å². The fraction of sp³-hybridized carbons (Fsp3) is 0.429. The van der Waals surface area contributed by atoms with Crippen LogP contribution < -0.4 is 5.32 Å². The molecule has 2 aromatic carbocycles. The minimum absolute atomic E-state index is 0.0506. The first kappa shape index (κ1) is 31.6. The second-order valence-corrected chi connectivity index (χ2v) is 10.9. The molecule has 2 heterocycles. The van der Waals surface area contributed by atoms with Crippen LogP contribution in [0.2, 0.25) is 0 Å². The summed E-state index contributed by atoms with van der Waals surface area (Å²) in [5.41, 5.74) is 1.04. The van der Waals surface area contributed by atoms with E-state index in [-0.39, 0.29) is 41.0 Å². The molecule has 220 valence electrons. The molecule has 13 heteroatoms. The molecule has 0 aliphatic carbocycles. The highest BCUT2D eigenvalue weighted by molar-refractivity contribution is 8.14. The zero-order chi connectivity index (χ0) is 29.9. The molecule has 2 aliphatic heterocycles. The number of amides is 3. The van der Waals surface area contributed by atoms with Crippen molar-refractivity contribution in [2.45, 2.75) is 31.2 Å². The number of likely N-dealkylation sites (tertiary alicyclic amines) is 1. The highest BCUT2D eigenvalue weighted by atomic mass is 32.2. The van der Waals surface area contributed by atoms with Crippen molar-refractivity contribution >= 4 is 40.5 Å². The summed E-state index contributed by atoms with van der Waals surface area (Å²) in [5.74, 6) is -0.291. The maximum Gasteiger partial charge on any atom is 0.410 e. The average molecular weight is 586 g/mol. The van der Waals surface area contributed by atoms with Gasteiger partial charge in [-0.25, -0.2) is 4.79 Å². The lowest BCUT2D eigenvalue weighted by Gasteiger charge is -2.36. The van der Waals surface area contributed by atoms with Gasteiger partial charge in [-0.05, 0) is 38.2 Å². The zero-order valence-electron chi connectivity index (χ0n) is 23.4. The van der Waals surface area contributed by atoms with Crippen LogP contribution >= 0.6 is 11.8 Å². The molecule has 12 nitrogen and oxygen atoms in total. The third kappa shape index (κ3) is 8.76. The number of hydrogen-bond donors (Lipinski definition) is 1. The Kier molecular flexibility index (Phi) is 11.7. The Bertz CT molecular complexity index is 1220.